The zero-order valence-electron chi connectivity index (χ0n) is 7.65. The standard InChI is InChI=1S/C9H5Cl3F2O2/c10-3-5(15)7-6(16-9(13)14)2-1-4(11)8(7)12/h1-2,9H,3H2. The van der Waals surface area contributed by atoms with E-state index in [-0.39, 0.29) is 21.4 Å². The summed E-state index contributed by atoms with van der Waals surface area (Å²) in [5.74, 6) is -1.38. The van der Waals surface area contributed by atoms with Gasteiger partial charge in [0, 0.05) is 0 Å². The fourth-order valence-electron chi connectivity index (χ4n) is 1.05. The highest BCUT2D eigenvalue weighted by Crippen LogP contribution is 2.34. The van der Waals surface area contributed by atoms with Crippen molar-refractivity contribution in [2.75, 3.05) is 5.88 Å². The molecule has 0 saturated heterocycles. The lowest BCUT2D eigenvalue weighted by Crippen LogP contribution is -2.09. The summed E-state index contributed by atoms with van der Waals surface area (Å²) in [5.41, 5.74) is -0.232. The fraction of sp³-hybridized carbons (Fsp3) is 0.222. The molecule has 0 radical (unpaired) electrons. The Balaban J connectivity index is 3.27. The Labute approximate surface area is 105 Å². The van der Waals surface area contributed by atoms with Gasteiger partial charge in [-0.25, -0.2) is 0 Å². The molecular formula is C9H5Cl3F2O2. The van der Waals surface area contributed by atoms with Crippen molar-refractivity contribution in [2.45, 2.75) is 6.61 Å². The van der Waals surface area contributed by atoms with Crippen LogP contribution in [0.2, 0.25) is 10.0 Å². The molecule has 0 bridgehead atoms. The van der Waals surface area contributed by atoms with Crippen LogP contribution in [0.25, 0.3) is 0 Å². The zero-order valence-corrected chi connectivity index (χ0v) is 9.91. The molecule has 1 rings (SSSR count). The molecule has 0 heterocycles. The Bertz CT molecular complexity index is 410. The van der Waals surface area contributed by atoms with Gasteiger partial charge in [-0.15, -0.1) is 11.6 Å². The van der Waals surface area contributed by atoms with Gasteiger partial charge in [-0.2, -0.15) is 8.78 Å². The molecular weight excluding hydrogens is 284 g/mol. The highest BCUT2D eigenvalue weighted by molar-refractivity contribution is 6.45. The highest BCUT2D eigenvalue weighted by atomic mass is 35.5. The minimum absolute atomic E-state index is 0.0664. The topological polar surface area (TPSA) is 26.3 Å². The predicted octanol–water partition coefficient (Wildman–Crippen LogP) is 4.02. The summed E-state index contributed by atoms with van der Waals surface area (Å²) in [6.45, 7) is -3.06. The number of hydrogen-bond acceptors (Lipinski definition) is 2. The lowest BCUT2D eigenvalue weighted by molar-refractivity contribution is -0.0501. The summed E-state index contributed by atoms with van der Waals surface area (Å²) in [4.78, 5) is 11.4. The number of carbonyl (C=O) groups is 1. The van der Waals surface area contributed by atoms with Crippen LogP contribution in [0.5, 0.6) is 5.75 Å². The number of alkyl halides is 3. The first-order valence-electron chi connectivity index (χ1n) is 3.99. The Morgan fingerprint density at radius 2 is 2.00 bits per heavy atom. The van der Waals surface area contributed by atoms with Crippen LogP contribution < -0.4 is 4.74 Å². The van der Waals surface area contributed by atoms with E-state index in [1.165, 1.54) is 6.07 Å². The number of ether oxygens (including phenoxy) is 1. The van der Waals surface area contributed by atoms with Gasteiger partial charge in [-0.1, -0.05) is 23.2 Å². The molecule has 1 aromatic rings. The number of carbonyl (C=O) groups excluding carboxylic acids is 1. The molecule has 88 valence electrons. The molecule has 0 aliphatic rings. The maximum absolute atomic E-state index is 12.1. The van der Waals surface area contributed by atoms with Crippen molar-refractivity contribution in [3.05, 3.63) is 27.7 Å². The first-order chi connectivity index (χ1) is 7.47. The molecule has 0 atom stereocenters. The molecule has 0 aliphatic heterocycles. The summed E-state index contributed by atoms with van der Waals surface area (Å²) < 4.78 is 28.3. The summed E-state index contributed by atoms with van der Waals surface area (Å²) in [6, 6.07) is 2.40. The van der Waals surface area contributed by atoms with Gasteiger partial charge in [-0.05, 0) is 12.1 Å². The molecule has 0 spiro atoms. The minimum atomic E-state index is -3.06. The first-order valence-corrected chi connectivity index (χ1v) is 5.28. The smallest absolute Gasteiger partial charge is 0.387 e. The van der Waals surface area contributed by atoms with Gasteiger partial charge >= 0.3 is 6.61 Å². The maximum atomic E-state index is 12.1. The van der Waals surface area contributed by atoms with Crippen molar-refractivity contribution >= 4 is 40.6 Å². The molecule has 0 unspecified atom stereocenters. The second-order valence-electron chi connectivity index (χ2n) is 2.67. The van der Waals surface area contributed by atoms with Gasteiger partial charge in [-0.3, -0.25) is 4.79 Å². The molecule has 7 heteroatoms. The van der Waals surface area contributed by atoms with Crippen LogP contribution >= 0.6 is 34.8 Å². The summed E-state index contributed by atoms with van der Waals surface area (Å²) in [6.07, 6.45) is 0. The third-order valence-corrected chi connectivity index (χ3v) is 2.72. The summed E-state index contributed by atoms with van der Waals surface area (Å²) >= 11 is 16.7. The van der Waals surface area contributed by atoms with Gasteiger partial charge in [0.15, 0.2) is 5.78 Å². The summed E-state index contributed by atoms with van der Waals surface area (Å²) in [7, 11) is 0. The van der Waals surface area contributed by atoms with Crippen LogP contribution in [0.15, 0.2) is 12.1 Å². The second-order valence-corrected chi connectivity index (χ2v) is 3.72. The van der Waals surface area contributed by atoms with E-state index >= 15 is 0 Å². The van der Waals surface area contributed by atoms with Crippen LogP contribution in [0.3, 0.4) is 0 Å². The largest absolute Gasteiger partial charge is 0.434 e. The third-order valence-electron chi connectivity index (χ3n) is 1.67. The monoisotopic (exact) mass is 288 g/mol. The number of benzene rings is 1. The lowest BCUT2D eigenvalue weighted by Gasteiger charge is -2.11. The van der Waals surface area contributed by atoms with E-state index in [4.69, 9.17) is 34.8 Å². The number of Topliss-reactive ketones (excluding diaryl/α,β-unsaturated/α-hetero) is 1. The molecule has 2 nitrogen and oxygen atoms in total. The Kier molecular flexibility index (Phi) is 4.77. The molecule has 0 saturated carbocycles. The van der Waals surface area contributed by atoms with Crippen molar-refractivity contribution in [1.82, 2.24) is 0 Å². The van der Waals surface area contributed by atoms with E-state index in [9.17, 15) is 13.6 Å². The Morgan fingerprint density at radius 3 is 2.50 bits per heavy atom. The van der Waals surface area contributed by atoms with Crippen molar-refractivity contribution in [1.29, 1.82) is 0 Å². The molecule has 0 amide bonds. The Hall–Kier alpha value is -0.580. The fourth-order valence-corrected chi connectivity index (χ4v) is 1.61. The van der Waals surface area contributed by atoms with E-state index in [0.29, 0.717) is 0 Å². The molecule has 0 fully saturated rings. The number of ketones is 1. The Morgan fingerprint density at radius 1 is 1.38 bits per heavy atom. The van der Waals surface area contributed by atoms with E-state index in [2.05, 4.69) is 4.74 Å². The van der Waals surface area contributed by atoms with Crippen molar-refractivity contribution < 1.29 is 18.3 Å². The van der Waals surface area contributed by atoms with Crippen LogP contribution in [0.4, 0.5) is 8.78 Å². The van der Waals surface area contributed by atoms with Gasteiger partial charge in [0.25, 0.3) is 0 Å². The number of rotatable bonds is 4. The van der Waals surface area contributed by atoms with E-state index in [0.717, 1.165) is 6.07 Å². The van der Waals surface area contributed by atoms with Crippen molar-refractivity contribution in [3.8, 4) is 5.75 Å². The van der Waals surface area contributed by atoms with Crippen molar-refractivity contribution in [2.24, 2.45) is 0 Å². The van der Waals surface area contributed by atoms with E-state index < -0.39 is 18.3 Å². The van der Waals surface area contributed by atoms with Gasteiger partial charge < -0.3 is 4.74 Å². The molecule has 0 aliphatic carbocycles. The first kappa shape index (κ1) is 13.5. The van der Waals surface area contributed by atoms with Crippen LogP contribution in [-0.4, -0.2) is 18.3 Å². The van der Waals surface area contributed by atoms with E-state index in [1.807, 2.05) is 0 Å². The number of halogens is 5. The molecule has 0 aromatic heterocycles. The minimum Gasteiger partial charge on any atom is -0.434 e. The normalized spacial score (nSPS) is 10.6. The molecule has 16 heavy (non-hydrogen) atoms. The average molecular weight is 289 g/mol. The third kappa shape index (κ3) is 2.97. The SMILES string of the molecule is O=C(CCl)c1c(OC(F)F)ccc(Cl)c1Cl. The van der Waals surface area contributed by atoms with Gasteiger partial charge in [0.1, 0.15) is 5.75 Å². The molecule has 1 aromatic carbocycles. The molecule has 0 N–H and O–H groups in total. The van der Waals surface area contributed by atoms with Crippen molar-refractivity contribution in [3.63, 3.8) is 0 Å². The van der Waals surface area contributed by atoms with Gasteiger partial charge in [0.2, 0.25) is 0 Å². The second kappa shape index (κ2) is 5.66. The van der Waals surface area contributed by atoms with Crippen LogP contribution in [0.1, 0.15) is 10.4 Å². The number of hydrogen-bond donors (Lipinski definition) is 0. The highest BCUT2D eigenvalue weighted by Gasteiger charge is 2.20. The lowest BCUT2D eigenvalue weighted by atomic mass is 10.1. The zero-order chi connectivity index (χ0) is 12.3. The predicted molar refractivity (Wildman–Crippen MR) is 58.1 cm³/mol. The maximum Gasteiger partial charge on any atom is 0.387 e. The van der Waals surface area contributed by atoms with Crippen LogP contribution in [0, 0.1) is 0 Å². The van der Waals surface area contributed by atoms with Crippen LogP contribution in [-0.2, 0) is 0 Å². The summed E-state index contributed by atoms with van der Waals surface area (Å²) in [5, 5.41) is -0.0813. The average Bonchev–Trinajstić information content (AvgIpc) is 2.22. The van der Waals surface area contributed by atoms with Gasteiger partial charge in [0.05, 0.1) is 21.5 Å². The quantitative estimate of drug-likeness (QED) is 0.618. The van der Waals surface area contributed by atoms with E-state index in [1.54, 1.807) is 0 Å².